The van der Waals surface area contributed by atoms with Gasteiger partial charge in [0.25, 0.3) is 0 Å². The van der Waals surface area contributed by atoms with Gasteiger partial charge in [0.05, 0.1) is 38.2 Å². The Labute approximate surface area is 271 Å². The zero-order valence-electron chi connectivity index (χ0n) is 27.6. The maximum Gasteiger partial charge on any atom is 0.242 e. The average molecular weight is 630 g/mol. The molecular formula is C36H47N5O5. The topological polar surface area (TPSA) is 117 Å². The number of fused-ring (bicyclic) bond motifs is 1. The zero-order valence-corrected chi connectivity index (χ0v) is 27.6. The van der Waals surface area contributed by atoms with Crippen LogP contribution in [0.4, 0.5) is 11.4 Å². The minimum absolute atomic E-state index is 0.0410. The first-order valence-corrected chi connectivity index (χ1v) is 16.5. The molecule has 1 unspecified atom stereocenters. The van der Waals surface area contributed by atoms with Crippen molar-refractivity contribution in [2.24, 2.45) is 11.1 Å². The minimum atomic E-state index is -0.712. The number of piperidine rings is 2. The van der Waals surface area contributed by atoms with Crippen LogP contribution in [-0.2, 0) is 14.4 Å². The van der Waals surface area contributed by atoms with Crippen LogP contribution in [0.3, 0.4) is 0 Å². The van der Waals surface area contributed by atoms with Gasteiger partial charge in [0.15, 0.2) is 5.78 Å². The number of nitrogens with zero attached hydrogens (tertiary/aromatic N) is 3. The van der Waals surface area contributed by atoms with Crippen LogP contribution in [0.5, 0.6) is 11.5 Å². The number of likely N-dealkylation sites (tertiary alicyclic amines) is 2. The van der Waals surface area contributed by atoms with Crippen LogP contribution < -0.4 is 25.4 Å². The third kappa shape index (κ3) is 5.83. The van der Waals surface area contributed by atoms with Crippen molar-refractivity contribution in [2.45, 2.75) is 70.4 Å². The van der Waals surface area contributed by atoms with E-state index in [9.17, 15) is 14.4 Å². The first kappa shape index (κ1) is 31.9. The molecular weight excluding hydrogens is 582 g/mol. The maximum absolute atomic E-state index is 14.3. The van der Waals surface area contributed by atoms with Crippen molar-refractivity contribution in [3.63, 3.8) is 0 Å². The lowest BCUT2D eigenvalue weighted by Gasteiger charge is -2.48. The summed E-state index contributed by atoms with van der Waals surface area (Å²) < 4.78 is 11.4. The largest absolute Gasteiger partial charge is 0.497 e. The first-order valence-electron chi connectivity index (χ1n) is 16.5. The molecule has 6 rings (SSSR count). The van der Waals surface area contributed by atoms with Crippen molar-refractivity contribution in [3.8, 4) is 11.5 Å². The summed E-state index contributed by atoms with van der Waals surface area (Å²) in [4.78, 5) is 47.5. The number of nitrogens with one attached hydrogen (secondary N) is 1. The summed E-state index contributed by atoms with van der Waals surface area (Å²) in [6, 6.07) is 13.0. The summed E-state index contributed by atoms with van der Waals surface area (Å²) in [5.74, 6) is 0.921. The van der Waals surface area contributed by atoms with Crippen molar-refractivity contribution in [3.05, 3.63) is 59.3 Å². The van der Waals surface area contributed by atoms with Crippen molar-refractivity contribution >= 4 is 29.0 Å². The molecule has 0 aromatic heterocycles. The van der Waals surface area contributed by atoms with Gasteiger partial charge >= 0.3 is 0 Å². The van der Waals surface area contributed by atoms with Crippen LogP contribution in [0.25, 0.3) is 0 Å². The van der Waals surface area contributed by atoms with Crippen molar-refractivity contribution in [1.29, 1.82) is 0 Å². The number of hydrogen-bond acceptors (Lipinski definition) is 8. The molecule has 2 amide bonds. The highest BCUT2D eigenvalue weighted by molar-refractivity contribution is 6.02. The molecule has 2 aromatic rings. The first-order chi connectivity index (χ1) is 22.1. The molecule has 0 radical (unpaired) electrons. The number of hydrogen-bond donors (Lipinski definition) is 2. The molecule has 4 aliphatic rings. The van der Waals surface area contributed by atoms with Gasteiger partial charge in [-0.1, -0.05) is 32.4 Å². The van der Waals surface area contributed by atoms with E-state index in [1.54, 1.807) is 14.2 Å². The Morgan fingerprint density at radius 3 is 2.35 bits per heavy atom. The summed E-state index contributed by atoms with van der Waals surface area (Å²) >= 11 is 0. The van der Waals surface area contributed by atoms with E-state index in [1.807, 2.05) is 52.3 Å². The standard InChI is InChI=1S/C36H47N5O5/c1-35(2)21-27-32(29(42)22-35)33(25-13-12-24(45-3)20-30(25)46-4)41(28-11-7-6-10-26(28)38-27)23-31(43)39-18-14-36(15-19-39,34(37)44)40-16-8-5-9-17-40/h6-7,10-13,20,33,38H,5,8-9,14-19,21-23H2,1-4H3,(H2,37,44). The molecule has 10 nitrogen and oxygen atoms in total. The number of primary amides is 1. The quantitative estimate of drug-likeness (QED) is 0.455. The number of allylic oxidation sites excluding steroid dienone is 1. The molecule has 246 valence electrons. The third-order valence-electron chi connectivity index (χ3n) is 10.4. The Balaban J connectivity index is 1.39. The predicted molar refractivity (Wildman–Crippen MR) is 178 cm³/mol. The van der Waals surface area contributed by atoms with Gasteiger partial charge in [-0.15, -0.1) is 0 Å². The second-order valence-corrected chi connectivity index (χ2v) is 13.9. The molecule has 3 heterocycles. The maximum atomic E-state index is 14.3. The fraction of sp³-hybridized carbons (Fsp3) is 0.528. The van der Waals surface area contributed by atoms with Gasteiger partial charge in [0, 0.05) is 42.4 Å². The van der Waals surface area contributed by atoms with Gasteiger partial charge in [-0.05, 0) is 74.9 Å². The SMILES string of the molecule is COc1ccc(C2C3=C(CC(C)(C)CC3=O)Nc3ccccc3N2CC(=O)N2CCC(C(N)=O)(N3CCCCC3)CC2)c(OC)c1. The van der Waals surface area contributed by atoms with E-state index < -0.39 is 11.6 Å². The van der Waals surface area contributed by atoms with Crippen LogP contribution in [0.15, 0.2) is 53.7 Å². The Kier molecular flexibility index (Phi) is 8.76. The lowest BCUT2D eigenvalue weighted by molar-refractivity contribution is -0.141. The second kappa shape index (κ2) is 12.6. The van der Waals surface area contributed by atoms with Crippen LogP contribution in [0, 0.1) is 5.41 Å². The van der Waals surface area contributed by atoms with Crippen LogP contribution in [-0.4, -0.2) is 79.9 Å². The number of anilines is 2. The number of para-hydroxylation sites is 2. The number of Topliss-reactive ketones (excluding diaryl/α,β-unsaturated/α-hetero) is 1. The van der Waals surface area contributed by atoms with Crippen LogP contribution >= 0.6 is 0 Å². The van der Waals surface area contributed by atoms with E-state index in [0.717, 1.165) is 48.6 Å². The number of ketones is 1. The number of rotatable bonds is 7. The van der Waals surface area contributed by atoms with E-state index in [1.165, 1.54) is 6.42 Å². The third-order valence-corrected chi connectivity index (χ3v) is 10.4. The molecule has 1 atom stereocenters. The predicted octanol–water partition coefficient (Wildman–Crippen LogP) is 4.65. The van der Waals surface area contributed by atoms with Gasteiger partial charge in [-0.25, -0.2) is 0 Å². The van der Waals surface area contributed by atoms with Gasteiger partial charge in [0.2, 0.25) is 11.8 Å². The van der Waals surface area contributed by atoms with E-state index in [0.29, 0.717) is 55.8 Å². The summed E-state index contributed by atoms with van der Waals surface area (Å²) in [5.41, 5.74) is 9.10. The van der Waals surface area contributed by atoms with Crippen molar-refractivity contribution in [2.75, 3.05) is 57.2 Å². The van der Waals surface area contributed by atoms with E-state index in [4.69, 9.17) is 15.2 Å². The van der Waals surface area contributed by atoms with Crippen LogP contribution in [0.1, 0.15) is 70.4 Å². The molecule has 0 saturated carbocycles. The molecule has 3 N–H and O–H groups in total. The van der Waals surface area contributed by atoms with E-state index in [2.05, 4.69) is 24.1 Å². The van der Waals surface area contributed by atoms with Crippen molar-refractivity contribution < 1.29 is 23.9 Å². The highest BCUT2D eigenvalue weighted by atomic mass is 16.5. The molecule has 1 aliphatic carbocycles. The highest BCUT2D eigenvalue weighted by Crippen LogP contribution is 2.50. The average Bonchev–Trinajstić information content (AvgIpc) is 3.18. The molecule has 0 bridgehead atoms. The highest BCUT2D eigenvalue weighted by Gasteiger charge is 2.47. The number of nitrogens with two attached hydrogens (primary N) is 1. The lowest BCUT2D eigenvalue weighted by Crippen LogP contribution is -2.64. The normalized spacial score (nSPS) is 22.7. The smallest absolute Gasteiger partial charge is 0.242 e. The summed E-state index contributed by atoms with van der Waals surface area (Å²) in [5, 5.41) is 3.62. The number of methoxy groups -OCH3 is 2. The molecule has 2 saturated heterocycles. The molecule has 46 heavy (non-hydrogen) atoms. The number of amides is 2. The molecule has 2 fully saturated rings. The Morgan fingerprint density at radius 1 is 0.957 bits per heavy atom. The summed E-state index contributed by atoms with van der Waals surface area (Å²) in [7, 11) is 3.22. The van der Waals surface area contributed by atoms with E-state index >= 15 is 0 Å². The zero-order chi connectivity index (χ0) is 32.6. The number of carbonyl (C=O) groups is 3. The number of ether oxygens (including phenoxy) is 2. The Hall–Kier alpha value is -4.05. The Morgan fingerprint density at radius 2 is 1.67 bits per heavy atom. The van der Waals surface area contributed by atoms with Crippen LogP contribution in [0.2, 0.25) is 0 Å². The Bertz CT molecular complexity index is 1540. The molecule has 0 spiro atoms. The summed E-state index contributed by atoms with van der Waals surface area (Å²) in [6.07, 6.45) is 5.42. The second-order valence-electron chi connectivity index (χ2n) is 13.9. The fourth-order valence-corrected chi connectivity index (χ4v) is 8.01. The minimum Gasteiger partial charge on any atom is -0.497 e. The monoisotopic (exact) mass is 629 g/mol. The molecule has 2 aromatic carbocycles. The van der Waals surface area contributed by atoms with E-state index in [-0.39, 0.29) is 29.6 Å². The van der Waals surface area contributed by atoms with Gasteiger partial charge in [-0.2, -0.15) is 0 Å². The number of benzene rings is 2. The summed E-state index contributed by atoms with van der Waals surface area (Å²) in [6.45, 7) is 6.89. The van der Waals surface area contributed by atoms with Gasteiger partial charge in [-0.3, -0.25) is 19.3 Å². The van der Waals surface area contributed by atoms with Crippen molar-refractivity contribution in [1.82, 2.24) is 9.80 Å². The molecule has 10 heteroatoms. The van der Waals surface area contributed by atoms with Gasteiger partial charge in [0.1, 0.15) is 17.0 Å². The number of carbonyl (C=O) groups excluding carboxylic acids is 3. The fourth-order valence-electron chi connectivity index (χ4n) is 8.01. The lowest BCUT2D eigenvalue weighted by atomic mass is 9.73. The van der Waals surface area contributed by atoms with Gasteiger partial charge < -0.3 is 30.3 Å². The molecule has 3 aliphatic heterocycles.